The van der Waals surface area contributed by atoms with Gasteiger partial charge in [-0.05, 0) is 30.3 Å². The van der Waals surface area contributed by atoms with Crippen LogP contribution in [0.15, 0.2) is 66.9 Å². The number of aromatic nitrogens is 4. The molecule has 0 aliphatic rings. The second-order valence-electron chi connectivity index (χ2n) is 5.06. The molecule has 1 aromatic carbocycles. The maximum Gasteiger partial charge on any atom is 0.247 e. The molecule has 4 rings (SSSR count). The predicted molar refractivity (Wildman–Crippen MR) is 89.3 cm³/mol. The first-order valence-corrected chi connectivity index (χ1v) is 7.43. The minimum Gasteiger partial charge on any atom is -0.481 e. The summed E-state index contributed by atoms with van der Waals surface area (Å²) in [5, 5.41) is 4.49. The van der Waals surface area contributed by atoms with Crippen molar-refractivity contribution in [3.63, 3.8) is 0 Å². The number of rotatable bonds is 4. The summed E-state index contributed by atoms with van der Waals surface area (Å²) >= 11 is 0. The van der Waals surface area contributed by atoms with Gasteiger partial charge in [0, 0.05) is 12.3 Å². The summed E-state index contributed by atoms with van der Waals surface area (Å²) in [6.07, 6.45) is 1.85. The molecule has 6 heteroatoms. The zero-order valence-electron chi connectivity index (χ0n) is 13.0. The molecule has 3 heterocycles. The average Bonchev–Trinajstić information content (AvgIpc) is 3.11. The van der Waals surface area contributed by atoms with E-state index in [1.165, 1.54) is 0 Å². The smallest absolute Gasteiger partial charge is 0.247 e. The lowest BCUT2D eigenvalue weighted by Crippen LogP contribution is -2.02. The highest BCUT2D eigenvalue weighted by Crippen LogP contribution is 2.26. The lowest BCUT2D eigenvalue weighted by atomic mass is 10.3. The first-order chi connectivity index (χ1) is 11.8. The fourth-order valence-corrected chi connectivity index (χ4v) is 2.34. The maximum absolute atomic E-state index is 5.94. The summed E-state index contributed by atoms with van der Waals surface area (Å²) < 4.78 is 12.8. The number of ether oxygens (including phenoxy) is 2. The van der Waals surface area contributed by atoms with E-state index in [9.17, 15) is 0 Å². The molecule has 118 valence electrons. The lowest BCUT2D eigenvalue weighted by Gasteiger charge is -2.09. The Morgan fingerprint density at radius 2 is 1.75 bits per heavy atom. The van der Waals surface area contributed by atoms with Crippen LogP contribution in [0.4, 0.5) is 0 Å². The zero-order chi connectivity index (χ0) is 16.4. The summed E-state index contributed by atoms with van der Waals surface area (Å²) in [7, 11) is 1.58. The third-order valence-corrected chi connectivity index (χ3v) is 3.48. The molecule has 24 heavy (non-hydrogen) atoms. The van der Waals surface area contributed by atoms with Gasteiger partial charge in [-0.1, -0.05) is 24.3 Å². The summed E-state index contributed by atoms with van der Waals surface area (Å²) in [4.78, 5) is 8.93. The Labute approximate surface area is 138 Å². The number of fused-ring (bicyclic) bond motifs is 1. The molecule has 0 unspecified atom stereocenters. The number of benzene rings is 1. The van der Waals surface area contributed by atoms with Crippen LogP contribution in [0.3, 0.4) is 0 Å². The predicted octanol–water partition coefficient (Wildman–Crippen LogP) is 3.59. The molecular formula is C18H14N4O2. The number of pyridine rings is 1. The van der Waals surface area contributed by atoms with Crippen molar-refractivity contribution in [3.05, 3.63) is 66.9 Å². The van der Waals surface area contributed by atoms with Crippen molar-refractivity contribution >= 4 is 5.52 Å². The van der Waals surface area contributed by atoms with E-state index < -0.39 is 0 Å². The van der Waals surface area contributed by atoms with Gasteiger partial charge in [0.1, 0.15) is 17.0 Å². The van der Waals surface area contributed by atoms with Gasteiger partial charge in [-0.2, -0.15) is 4.98 Å². The highest BCUT2D eigenvalue weighted by molar-refractivity contribution is 5.61. The summed E-state index contributed by atoms with van der Waals surface area (Å²) in [6.45, 7) is 0. The van der Waals surface area contributed by atoms with Crippen molar-refractivity contribution in [1.29, 1.82) is 0 Å². The molecule has 0 radical (unpaired) electrons. The molecule has 0 saturated carbocycles. The van der Waals surface area contributed by atoms with Crippen LogP contribution in [0.5, 0.6) is 17.5 Å². The van der Waals surface area contributed by atoms with Gasteiger partial charge in [-0.25, -0.2) is 9.50 Å². The SMILES string of the molecule is COc1cccc(-c2nc(Oc3ccccc3)c3cccn3n2)n1. The number of para-hydroxylation sites is 1. The second kappa shape index (κ2) is 6.00. The maximum atomic E-state index is 5.94. The van der Waals surface area contributed by atoms with Gasteiger partial charge in [0.2, 0.25) is 17.6 Å². The molecule has 0 atom stereocenters. The Hall–Kier alpha value is -3.41. The van der Waals surface area contributed by atoms with Crippen LogP contribution in [0, 0.1) is 0 Å². The van der Waals surface area contributed by atoms with Crippen molar-refractivity contribution < 1.29 is 9.47 Å². The van der Waals surface area contributed by atoms with Gasteiger partial charge < -0.3 is 9.47 Å². The van der Waals surface area contributed by atoms with E-state index in [1.54, 1.807) is 17.7 Å². The van der Waals surface area contributed by atoms with E-state index in [0.29, 0.717) is 29.0 Å². The van der Waals surface area contributed by atoms with Crippen molar-refractivity contribution in [2.24, 2.45) is 0 Å². The molecule has 3 aromatic heterocycles. The van der Waals surface area contributed by atoms with Crippen LogP contribution in [-0.2, 0) is 0 Å². The number of nitrogens with zero attached hydrogens (tertiary/aromatic N) is 4. The van der Waals surface area contributed by atoms with Crippen LogP contribution in [0.2, 0.25) is 0 Å². The fraction of sp³-hybridized carbons (Fsp3) is 0.0556. The monoisotopic (exact) mass is 318 g/mol. The first kappa shape index (κ1) is 14.2. The van der Waals surface area contributed by atoms with E-state index in [0.717, 1.165) is 5.52 Å². The Morgan fingerprint density at radius 3 is 2.58 bits per heavy atom. The van der Waals surface area contributed by atoms with Crippen LogP contribution in [-0.4, -0.2) is 26.7 Å². The summed E-state index contributed by atoms with van der Waals surface area (Å²) in [6, 6.07) is 18.8. The third-order valence-electron chi connectivity index (χ3n) is 3.48. The highest BCUT2D eigenvalue weighted by atomic mass is 16.5. The first-order valence-electron chi connectivity index (χ1n) is 7.43. The van der Waals surface area contributed by atoms with E-state index >= 15 is 0 Å². The third kappa shape index (κ3) is 2.65. The molecule has 0 amide bonds. The zero-order valence-corrected chi connectivity index (χ0v) is 13.0. The van der Waals surface area contributed by atoms with Gasteiger partial charge in [0.15, 0.2) is 0 Å². The standard InChI is InChI=1S/C18H14N4O2/c1-23-16-11-5-9-14(19-16)17-20-18(15-10-6-12-22(15)21-17)24-13-7-3-2-4-8-13/h2-12H,1H3. The highest BCUT2D eigenvalue weighted by Gasteiger charge is 2.13. The molecule has 0 fully saturated rings. The van der Waals surface area contributed by atoms with Gasteiger partial charge in [-0.3, -0.25) is 0 Å². The molecular weight excluding hydrogens is 304 g/mol. The minimum atomic E-state index is 0.462. The average molecular weight is 318 g/mol. The Morgan fingerprint density at radius 1 is 0.875 bits per heavy atom. The van der Waals surface area contributed by atoms with Crippen LogP contribution in [0.1, 0.15) is 0 Å². The van der Waals surface area contributed by atoms with Gasteiger partial charge in [-0.15, -0.1) is 5.10 Å². The molecule has 4 aromatic rings. The van der Waals surface area contributed by atoms with E-state index in [2.05, 4.69) is 15.1 Å². The van der Waals surface area contributed by atoms with E-state index in [1.807, 2.05) is 60.8 Å². The van der Waals surface area contributed by atoms with E-state index in [-0.39, 0.29) is 0 Å². The second-order valence-corrected chi connectivity index (χ2v) is 5.06. The Kier molecular flexibility index (Phi) is 3.55. The number of methoxy groups -OCH3 is 1. The van der Waals surface area contributed by atoms with Crippen molar-refractivity contribution in [3.8, 4) is 29.0 Å². The molecule has 0 aliphatic heterocycles. The van der Waals surface area contributed by atoms with Crippen LogP contribution < -0.4 is 9.47 Å². The number of hydrogen-bond donors (Lipinski definition) is 0. The quantitative estimate of drug-likeness (QED) is 0.575. The largest absolute Gasteiger partial charge is 0.481 e. The normalized spacial score (nSPS) is 10.7. The minimum absolute atomic E-state index is 0.462. The Balaban J connectivity index is 1.82. The van der Waals surface area contributed by atoms with Crippen LogP contribution >= 0.6 is 0 Å². The van der Waals surface area contributed by atoms with Crippen molar-refractivity contribution in [2.75, 3.05) is 7.11 Å². The molecule has 0 saturated heterocycles. The lowest BCUT2D eigenvalue weighted by molar-refractivity contribution is 0.398. The van der Waals surface area contributed by atoms with Crippen molar-refractivity contribution in [2.45, 2.75) is 0 Å². The summed E-state index contributed by atoms with van der Waals surface area (Å²) in [5.74, 6) is 2.16. The van der Waals surface area contributed by atoms with Crippen molar-refractivity contribution in [1.82, 2.24) is 19.6 Å². The number of hydrogen-bond acceptors (Lipinski definition) is 5. The molecule has 0 spiro atoms. The van der Waals surface area contributed by atoms with Gasteiger partial charge in [0.05, 0.1) is 7.11 Å². The van der Waals surface area contributed by atoms with Crippen LogP contribution in [0.25, 0.3) is 17.0 Å². The Bertz CT molecular complexity index is 983. The fourth-order valence-electron chi connectivity index (χ4n) is 2.34. The van der Waals surface area contributed by atoms with Gasteiger partial charge >= 0.3 is 0 Å². The molecule has 0 N–H and O–H groups in total. The van der Waals surface area contributed by atoms with Gasteiger partial charge in [0.25, 0.3) is 0 Å². The molecule has 0 bridgehead atoms. The summed E-state index contributed by atoms with van der Waals surface area (Å²) in [5.41, 5.74) is 1.40. The van der Waals surface area contributed by atoms with E-state index in [4.69, 9.17) is 9.47 Å². The molecule has 6 nitrogen and oxygen atoms in total. The topological polar surface area (TPSA) is 61.5 Å². The molecule has 0 aliphatic carbocycles.